The van der Waals surface area contributed by atoms with Crippen molar-refractivity contribution in [1.82, 2.24) is 0 Å². The summed E-state index contributed by atoms with van der Waals surface area (Å²) in [5, 5.41) is 0. The van der Waals surface area contributed by atoms with Crippen LogP contribution in [-0.2, 0) is 19.1 Å². The van der Waals surface area contributed by atoms with Crippen molar-refractivity contribution < 1.29 is 19.1 Å². The number of unbranched alkanes of at least 4 members (excludes halogenated alkanes) is 1. The third-order valence-corrected chi connectivity index (χ3v) is 1.79. The molecular weight excluding hydrogens is 208 g/mol. The van der Waals surface area contributed by atoms with Gasteiger partial charge in [0.25, 0.3) is 0 Å². The Morgan fingerprint density at radius 2 is 2.00 bits per heavy atom. The summed E-state index contributed by atoms with van der Waals surface area (Å²) in [6, 6.07) is 0. The maximum Gasteiger partial charge on any atom is 0.336 e. The topological polar surface area (TPSA) is 52.6 Å². The van der Waals surface area contributed by atoms with Gasteiger partial charge in [0.1, 0.15) is 0 Å². The van der Waals surface area contributed by atoms with Gasteiger partial charge in [-0.25, -0.2) is 9.59 Å². The van der Waals surface area contributed by atoms with Gasteiger partial charge in [-0.1, -0.05) is 26.5 Å². The van der Waals surface area contributed by atoms with E-state index < -0.39 is 18.2 Å². The van der Waals surface area contributed by atoms with Crippen molar-refractivity contribution in [2.45, 2.75) is 39.4 Å². The number of hydrogen-bond donors (Lipinski definition) is 0. The summed E-state index contributed by atoms with van der Waals surface area (Å²) in [6.45, 7) is 10.3. The molecule has 90 valence electrons. The molecule has 0 bridgehead atoms. The van der Waals surface area contributed by atoms with Crippen molar-refractivity contribution >= 4 is 11.9 Å². The molecule has 0 radical (unpaired) electrons. The summed E-state index contributed by atoms with van der Waals surface area (Å²) in [6.07, 6.45) is 2.39. The first-order valence-electron chi connectivity index (χ1n) is 5.20. The Hall–Kier alpha value is -1.58. The van der Waals surface area contributed by atoms with Gasteiger partial charge in [-0.05, 0) is 13.3 Å². The third kappa shape index (κ3) is 6.01. The minimum Gasteiger partial charge on any atom is -0.422 e. The van der Waals surface area contributed by atoms with Crippen LogP contribution < -0.4 is 0 Å². The summed E-state index contributed by atoms with van der Waals surface area (Å²) in [5.41, 5.74) is 0.274. The van der Waals surface area contributed by atoms with Crippen LogP contribution in [0.2, 0.25) is 0 Å². The maximum absolute atomic E-state index is 11.2. The largest absolute Gasteiger partial charge is 0.422 e. The van der Waals surface area contributed by atoms with Crippen LogP contribution in [0.4, 0.5) is 0 Å². The van der Waals surface area contributed by atoms with E-state index in [9.17, 15) is 9.59 Å². The fraction of sp³-hybridized carbons (Fsp3) is 0.500. The monoisotopic (exact) mass is 226 g/mol. The van der Waals surface area contributed by atoms with E-state index in [0.29, 0.717) is 6.42 Å². The molecular formula is C12H18O4. The second-order valence-corrected chi connectivity index (χ2v) is 3.40. The molecule has 16 heavy (non-hydrogen) atoms. The minimum absolute atomic E-state index is 0.274. The summed E-state index contributed by atoms with van der Waals surface area (Å²) >= 11 is 0. The molecule has 0 aromatic rings. The highest BCUT2D eigenvalue weighted by molar-refractivity contribution is 5.87. The van der Waals surface area contributed by atoms with Crippen LogP contribution >= 0.6 is 0 Å². The van der Waals surface area contributed by atoms with E-state index in [4.69, 9.17) is 9.47 Å². The molecule has 0 amide bonds. The van der Waals surface area contributed by atoms with E-state index in [1.54, 1.807) is 0 Å². The van der Waals surface area contributed by atoms with Gasteiger partial charge in [0.15, 0.2) is 0 Å². The zero-order valence-electron chi connectivity index (χ0n) is 9.82. The zero-order chi connectivity index (χ0) is 12.6. The molecule has 0 aromatic heterocycles. The molecule has 0 saturated heterocycles. The Morgan fingerprint density at radius 3 is 2.44 bits per heavy atom. The molecule has 0 aliphatic rings. The molecule has 0 heterocycles. The second-order valence-electron chi connectivity index (χ2n) is 3.40. The number of ether oxygens (including phenoxy) is 2. The first-order valence-corrected chi connectivity index (χ1v) is 5.20. The molecule has 0 aliphatic carbocycles. The summed E-state index contributed by atoms with van der Waals surface area (Å²) in [5.74, 6) is -1.16. The Labute approximate surface area is 95.9 Å². The molecule has 0 spiro atoms. The van der Waals surface area contributed by atoms with E-state index in [1.165, 1.54) is 6.92 Å². The van der Waals surface area contributed by atoms with Crippen LogP contribution in [0.3, 0.4) is 0 Å². The molecule has 0 rings (SSSR count). The first-order chi connectivity index (χ1) is 7.51. The molecule has 0 aliphatic heterocycles. The lowest BCUT2D eigenvalue weighted by atomic mass is 10.2. The highest BCUT2D eigenvalue weighted by Gasteiger charge is 2.17. The van der Waals surface area contributed by atoms with Gasteiger partial charge in [-0.2, -0.15) is 0 Å². The van der Waals surface area contributed by atoms with Crippen molar-refractivity contribution in [2.75, 3.05) is 0 Å². The first kappa shape index (κ1) is 14.4. The normalized spacial score (nSPS) is 11.4. The van der Waals surface area contributed by atoms with Crippen molar-refractivity contribution in [3.63, 3.8) is 0 Å². The fourth-order valence-electron chi connectivity index (χ4n) is 0.910. The lowest BCUT2D eigenvalue weighted by Crippen LogP contribution is -2.24. The van der Waals surface area contributed by atoms with Gasteiger partial charge in [0.05, 0.1) is 0 Å². The van der Waals surface area contributed by atoms with E-state index in [-0.39, 0.29) is 5.57 Å². The molecule has 0 N–H and O–H groups in total. The van der Waals surface area contributed by atoms with Gasteiger partial charge < -0.3 is 9.47 Å². The zero-order valence-corrected chi connectivity index (χ0v) is 9.82. The minimum atomic E-state index is -0.852. The van der Waals surface area contributed by atoms with Crippen LogP contribution in [0.1, 0.15) is 33.1 Å². The quantitative estimate of drug-likeness (QED) is 0.380. The number of carbonyl (C=O) groups is 2. The van der Waals surface area contributed by atoms with Crippen molar-refractivity contribution in [3.8, 4) is 0 Å². The predicted molar refractivity (Wildman–Crippen MR) is 60.5 cm³/mol. The molecule has 4 nitrogen and oxygen atoms in total. The van der Waals surface area contributed by atoms with E-state index in [1.807, 2.05) is 6.92 Å². The lowest BCUT2D eigenvalue weighted by Gasteiger charge is -2.17. The van der Waals surface area contributed by atoms with Gasteiger partial charge in [0, 0.05) is 18.1 Å². The summed E-state index contributed by atoms with van der Waals surface area (Å²) in [4.78, 5) is 22.2. The highest BCUT2D eigenvalue weighted by atomic mass is 16.7. The van der Waals surface area contributed by atoms with Gasteiger partial charge >= 0.3 is 11.9 Å². The van der Waals surface area contributed by atoms with Crippen molar-refractivity contribution in [2.24, 2.45) is 0 Å². The van der Waals surface area contributed by atoms with Crippen LogP contribution in [0.5, 0.6) is 0 Å². The van der Waals surface area contributed by atoms with Crippen LogP contribution in [0, 0.1) is 0 Å². The van der Waals surface area contributed by atoms with Crippen molar-refractivity contribution in [3.05, 3.63) is 24.8 Å². The van der Waals surface area contributed by atoms with Crippen molar-refractivity contribution in [1.29, 1.82) is 0 Å². The summed E-state index contributed by atoms with van der Waals surface area (Å²) < 4.78 is 9.84. The van der Waals surface area contributed by atoms with Crippen LogP contribution in [-0.4, -0.2) is 18.2 Å². The SMILES string of the molecule is C=CC(=O)OC(CCCC)OC(=O)C(=C)C. The van der Waals surface area contributed by atoms with Gasteiger partial charge in [-0.15, -0.1) is 0 Å². The number of esters is 2. The molecule has 1 atom stereocenters. The molecule has 0 aromatic carbocycles. The smallest absolute Gasteiger partial charge is 0.336 e. The maximum atomic E-state index is 11.2. The lowest BCUT2D eigenvalue weighted by molar-refractivity contribution is -0.182. The molecule has 0 saturated carbocycles. The number of rotatable bonds is 7. The predicted octanol–water partition coefficient (Wildman–Crippen LogP) is 2.35. The Morgan fingerprint density at radius 1 is 1.38 bits per heavy atom. The van der Waals surface area contributed by atoms with E-state index >= 15 is 0 Å². The van der Waals surface area contributed by atoms with Gasteiger partial charge in [-0.3, -0.25) is 0 Å². The Bertz CT molecular complexity index is 281. The third-order valence-electron chi connectivity index (χ3n) is 1.79. The number of hydrogen-bond acceptors (Lipinski definition) is 4. The molecule has 0 fully saturated rings. The van der Waals surface area contributed by atoms with Crippen LogP contribution in [0.15, 0.2) is 24.8 Å². The Balaban J connectivity index is 4.29. The van der Waals surface area contributed by atoms with Crippen LogP contribution in [0.25, 0.3) is 0 Å². The Kier molecular flexibility index (Phi) is 6.92. The number of carbonyl (C=O) groups excluding carboxylic acids is 2. The molecule has 4 heteroatoms. The standard InChI is InChI=1S/C12H18O4/c1-5-7-8-11(15-10(13)6-2)16-12(14)9(3)4/h6,11H,2-3,5,7-8H2,1,4H3. The second kappa shape index (κ2) is 7.68. The average molecular weight is 226 g/mol. The van der Waals surface area contributed by atoms with E-state index in [0.717, 1.165) is 18.9 Å². The summed E-state index contributed by atoms with van der Waals surface area (Å²) in [7, 11) is 0. The van der Waals surface area contributed by atoms with Gasteiger partial charge in [0.2, 0.25) is 6.29 Å². The highest BCUT2D eigenvalue weighted by Crippen LogP contribution is 2.09. The molecule has 1 unspecified atom stereocenters. The average Bonchev–Trinajstić information content (AvgIpc) is 2.25. The fourth-order valence-corrected chi connectivity index (χ4v) is 0.910. The van der Waals surface area contributed by atoms with E-state index in [2.05, 4.69) is 13.2 Å².